The van der Waals surface area contributed by atoms with Crippen LogP contribution in [-0.2, 0) is 6.42 Å². The molecule has 0 aliphatic heterocycles. The molecule has 0 saturated carbocycles. The average Bonchev–Trinajstić information content (AvgIpc) is 2.54. The highest BCUT2D eigenvalue weighted by Gasteiger charge is 2.14. The largest absolute Gasteiger partial charge is 0.319 e. The molecule has 0 fully saturated rings. The first-order valence-electron chi connectivity index (χ1n) is 8.28. The fourth-order valence-electron chi connectivity index (χ4n) is 2.79. The van der Waals surface area contributed by atoms with Gasteiger partial charge in [-0.25, -0.2) is 0 Å². The van der Waals surface area contributed by atoms with Gasteiger partial charge in [0.25, 0.3) is 0 Å². The summed E-state index contributed by atoms with van der Waals surface area (Å²) in [6.07, 6.45) is 2.13. The van der Waals surface area contributed by atoms with Gasteiger partial charge in [-0.2, -0.15) is 0 Å². The lowest BCUT2D eigenvalue weighted by atomic mass is 9.91. The predicted octanol–water partition coefficient (Wildman–Crippen LogP) is 4.64. The monoisotopic (exact) mass is 296 g/mol. The lowest BCUT2D eigenvalue weighted by Crippen LogP contribution is -2.12. The normalized spacial score (nSPS) is 12.4. The molecule has 0 amide bonds. The van der Waals surface area contributed by atoms with E-state index in [0.717, 1.165) is 25.1 Å². The Morgan fingerprint density at radius 1 is 1.14 bits per heavy atom. The number of aromatic nitrogens is 1. The summed E-state index contributed by atoms with van der Waals surface area (Å²) in [4.78, 5) is 4.95. The van der Waals surface area contributed by atoms with Gasteiger partial charge in [0.05, 0.1) is 5.69 Å². The minimum atomic E-state index is 0.570. The highest BCUT2D eigenvalue weighted by molar-refractivity contribution is 5.65. The van der Waals surface area contributed by atoms with Gasteiger partial charge in [-0.05, 0) is 50.4 Å². The van der Waals surface area contributed by atoms with Gasteiger partial charge in [-0.3, -0.25) is 4.98 Å². The van der Waals surface area contributed by atoms with Gasteiger partial charge < -0.3 is 5.32 Å². The summed E-state index contributed by atoms with van der Waals surface area (Å²) in [6.45, 7) is 9.86. The fraction of sp³-hybridized carbons (Fsp3) is 0.450. The number of aryl methyl sites for hydroxylation is 1. The maximum absolute atomic E-state index is 4.95. The lowest BCUT2D eigenvalue weighted by Gasteiger charge is -2.18. The number of hydrogen-bond donors (Lipinski definition) is 1. The second-order valence-corrected chi connectivity index (χ2v) is 6.21. The minimum Gasteiger partial charge on any atom is -0.319 e. The van der Waals surface area contributed by atoms with Gasteiger partial charge in [0, 0.05) is 24.2 Å². The number of rotatable bonds is 6. The molecule has 0 spiro atoms. The lowest BCUT2D eigenvalue weighted by molar-refractivity contribution is 0.718. The summed E-state index contributed by atoms with van der Waals surface area (Å²) >= 11 is 0. The van der Waals surface area contributed by atoms with E-state index in [2.05, 4.69) is 63.3 Å². The highest BCUT2D eigenvalue weighted by atomic mass is 14.8. The maximum Gasteiger partial charge on any atom is 0.0737 e. The number of hydrogen-bond acceptors (Lipinski definition) is 2. The Bertz CT molecular complexity index is 614. The molecule has 2 rings (SSSR count). The molecule has 0 bridgehead atoms. The molecule has 0 radical (unpaired) electrons. The van der Waals surface area contributed by atoms with Crippen molar-refractivity contribution in [2.45, 2.75) is 46.5 Å². The van der Waals surface area contributed by atoms with Crippen LogP contribution in [0, 0.1) is 13.8 Å². The predicted molar refractivity (Wildman–Crippen MR) is 95.5 cm³/mol. The molecule has 1 N–H and O–H groups in total. The summed E-state index contributed by atoms with van der Waals surface area (Å²) in [5.74, 6) is 0.570. The molecular weight excluding hydrogens is 268 g/mol. The van der Waals surface area contributed by atoms with Crippen molar-refractivity contribution in [3.63, 3.8) is 0 Å². The zero-order valence-electron chi connectivity index (χ0n) is 14.5. The van der Waals surface area contributed by atoms with E-state index in [1.807, 2.05) is 7.05 Å². The molecule has 1 aromatic carbocycles. The van der Waals surface area contributed by atoms with Crippen LogP contribution in [0.3, 0.4) is 0 Å². The molecule has 118 valence electrons. The van der Waals surface area contributed by atoms with Crippen LogP contribution in [0.15, 0.2) is 30.3 Å². The Hall–Kier alpha value is -1.67. The van der Waals surface area contributed by atoms with Crippen LogP contribution < -0.4 is 5.32 Å². The molecule has 0 saturated heterocycles. The smallest absolute Gasteiger partial charge is 0.0737 e. The third kappa shape index (κ3) is 3.75. The van der Waals surface area contributed by atoms with Gasteiger partial charge in [-0.15, -0.1) is 0 Å². The molecule has 1 heterocycles. The maximum atomic E-state index is 4.95. The van der Waals surface area contributed by atoms with Gasteiger partial charge >= 0.3 is 0 Å². The average molecular weight is 296 g/mol. The summed E-state index contributed by atoms with van der Waals surface area (Å²) in [5, 5.41) is 3.22. The van der Waals surface area contributed by atoms with E-state index in [4.69, 9.17) is 4.98 Å². The second kappa shape index (κ2) is 7.55. The van der Waals surface area contributed by atoms with Crippen LogP contribution in [0.5, 0.6) is 0 Å². The third-order valence-electron chi connectivity index (χ3n) is 4.47. The summed E-state index contributed by atoms with van der Waals surface area (Å²) in [7, 11) is 1.99. The Morgan fingerprint density at radius 2 is 1.82 bits per heavy atom. The van der Waals surface area contributed by atoms with E-state index in [9.17, 15) is 0 Å². The van der Waals surface area contributed by atoms with Crippen molar-refractivity contribution in [3.05, 3.63) is 52.7 Å². The number of likely N-dealkylation sites (N-methyl/N-ethyl adjacent to an activating group) is 1. The topological polar surface area (TPSA) is 24.9 Å². The van der Waals surface area contributed by atoms with E-state index in [-0.39, 0.29) is 0 Å². The van der Waals surface area contributed by atoms with Gasteiger partial charge in [0.1, 0.15) is 0 Å². The first-order valence-corrected chi connectivity index (χ1v) is 8.28. The Labute approximate surface area is 135 Å². The molecule has 22 heavy (non-hydrogen) atoms. The van der Waals surface area contributed by atoms with Gasteiger partial charge in [-0.1, -0.05) is 43.7 Å². The van der Waals surface area contributed by atoms with E-state index >= 15 is 0 Å². The minimum absolute atomic E-state index is 0.570. The van der Waals surface area contributed by atoms with Crippen LogP contribution in [-0.4, -0.2) is 18.6 Å². The van der Waals surface area contributed by atoms with Crippen LogP contribution in [0.1, 0.15) is 48.6 Å². The van der Waals surface area contributed by atoms with Gasteiger partial charge in [0.2, 0.25) is 0 Å². The number of pyridine rings is 1. The zero-order valence-corrected chi connectivity index (χ0v) is 14.5. The Balaban J connectivity index is 2.52. The van der Waals surface area contributed by atoms with E-state index in [1.54, 1.807) is 0 Å². The van der Waals surface area contributed by atoms with Crippen molar-refractivity contribution in [1.29, 1.82) is 0 Å². The van der Waals surface area contributed by atoms with Gasteiger partial charge in [0.15, 0.2) is 0 Å². The third-order valence-corrected chi connectivity index (χ3v) is 4.47. The molecule has 2 aromatic rings. The summed E-state index contributed by atoms with van der Waals surface area (Å²) < 4.78 is 0. The van der Waals surface area contributed by atoms with Crippen molar-refractivity contribution in [1.82, 2.24) is 10.3 Å². The molecule has 2 heteroatoms. The van der Waals surface area contributed by atoms with E-state index < -0.39 is 0 Å². The summed E-state index contributed by atoms with van der Waals surface area (Å²) in [5.41, 5.74) is 7.61. The standard InChI is InChI=1S/C20H28N2/c1-6-15(3)19-13-18(11-12-21-5)22-20(16(19)4)17-9-7-14(2)8-10-17/h7-10,13,15,21H,6,11-12H2,1-5H3. The zero-order chi connectivity index (χ0) is 16.1. The van der Waals surface area contributed by atoms with Crippen molar-refractivity contribution in [2.24, 2.45) is 0 Å². The van der Waals surface area contributed by atoms with Crippen LogP contribution in [0.4, 0.5) is 0 Å². The number of nitrogens with one attached hydrogen (secondary N) is 1. The van der Waals surface area contributed by atoms with Crippen molar-refractivity contribution in [3.8, 4) is 11.3 Å². The molecule has 1 unspecified atom stereocenters. The van der Waals surface area contributed by atoms with Crippen LogP contribution in [0.25, 0.3) is 11.3 Å². The molecule has 0 aliphatic rings. The van der Waals surface area contributed by atoms with E-state index in [0.29, 0.717) is 5.92 Å². The molecule has 2 nitrogen and oxygen atoms in total. The molecule has 1 aromatic heterocycles. The second-order valence-electron chi connectivity index (χ2n) is 6.21. The summed E-state index contributed by atoms with van der Waals surface area (Å²) in [6, 6.07) is 11.0. The van der Waals surface area contributed by atoms with Crippen molar-refractivity contribution >= 4 is 0 Å². The highest BCUT2D eigenvalue weighted by Crippen LogP contribution is 2.30. The molecule has 1 atom stereocenters. The first-order chi connectivity index (χ1) is 10.6. The first kappa shape index (κ1) is 16.7. The molecular formula is C20H28N2. The van der Waals surface area contributed by atoms with Crippen LogP contribution in [0.2, 0.25) is 0 Å². The Morgan fingerprint density at radius 3 is 2.41 bits per heavy atom. The fourth-order valence-corrected chi connectivity index (χ4v) is 2.79. The quantitative estimate of drug-likeness (QED) is 0.840. The number of benzene rings is 1. The SMILES string of the molecule is CCC(C)c1cc(CCNC)nc(-c2ccc(C)cc2)c1C. The van der Waals surface area contributed by atoms with E-state index in [1.165, 1.54) is 27.9 Å². The number of nitrogens with zero attached hydrogens (tertiary/aromatic N) is 1. The van der Waals surface area contributed by atoms with Crippen molar-refractivity contribution in [2.75, 3.05) is 13.6 Å². The Kier molecular flexibility index (Phi) is 5.73. The molecule has 0 aliphatic carbocycles. The van der Waals surface area contributed by atoms with Crippen LogP contribution >= 0.6 is 0 Å². The van der Waals surface area contributed by atoms with Crippen molar-refractivity contribution < 1.29 is 0 Å².